The summed E-state index contributed by atoms with van der Waals surface area (Å²) in [4.78, 5) is 19.7. The molecule has 2 aromatic heterocycles. The monoisotopic (exact) mass is 448 g/mol. The van der Waals surface area contributed by atoms with Gasteiger partial charge in [0, 0.05) is 42.5 Å². The number of hydrogen-bond donors (Lipinski definition) is 0. The van der Waals surface area contributed by atoms with E-state index in [0.29, 0.717) is 35.4 Å². The van der Waals surface area contributed by atoms with Crippen LogP contribution >= 0.6 is 11.6 Å². The molecule has 2 aromatic carbocycles. The van der Waals surface area contributed by atoms with Gasteiger partial charge in [0.15, 0.2) is 11.5 Å². The Morgan fingerprint density at radius 1 is 1.22 bits per heavy atom. The summed E-state index contributed by atoms with van der Waals surface area (Å²) >= 11 is 6.07. The first-order valence-corrected chi connectivity index (χ1v) is 10.8. The van der Waals surface area contributed by atoms with Gasteiger partial charge in [-0.2, -0.15) is 5.26 Å². The zero-order valence-corrected chi connectivity index (χ0v) is 18.5. The highest BCUT2D eigenvalue weighted by Gasteiger charge is 2.28. The Balaban J connectivity index is 1.49. The van der Waals surface area contributed by atoms with Crippen LogP contribution in [0.4, 0.5) is 5.69 Å². The Morgan fingerprint density at radius 3 is 2.72 bits per heavy atom. The fraction of sp³-hybridized carbons (Fsp3) is 0.292. The van der Waals surface area contributed by atoms with Gasteiger partial charge in [0.1, 0.15) is 22.9 Å². The number of halogens is 1. The van der Waals surface area contributed by atoms with Gasteiger partial charge < -0.3 is 18.6 Å². The van der Waals surface area contributed by atoms with Gasteiger partial charge in [0.2, 0.25) is 0 Å². The van der Waals surface area contributed by atoms with Crippen LogP contribution in [-0.2, 0) is 7.05 Å². The van der Waals surface area contributed by atoms with Crippen LogP contribution in [0.5, 0.6) is 5.75 Å². The number of rotatable bonds is 3. The van der Waals surface area contributed by atoms with Crippen LogP contribution in [0.3, 0.4) is 0 Å². The largest absolute Gasteiger partial charge is 0.497 e. The van der Waals surface area contributed by atoms with Gasteiger partial charge in [-0.05, 0) is 43.2 Å². The summed E-state index contributed by atoms with van der Waals surface area (Å²) < 4.78 is 12.8. The third-order valence-electron chi connectivity index (χ3n) is 6.22. The Labute approximate surface area is 189 Å². The number of nitriles is 1. The fourth-order valence-corrected chi connectivity index (χ4v) is 4.67. The van der Waals surface area contributed by atoms with Crippen LogP contribution in [0.15, 0.2) is 45.6 Å². The molecule has 0 amide bonds. The Morgan fingerprint density at radius 2 is 2.00 bits per heavy atom. The molecule has 5 rings (SSSR count). The topological polar surface area (TPSA) is 84.3 Å². The first-order valence-electron chi connectivity index (χ1n) is 10.4. The van der Waals surface area contributed by atoms with Crippen molar-refractivity contribution in [1.29, 1.82) is 5.26 Å². The number of ether oxygens (including phenoxy) is 1. The molecule has 0 radical (unpaired) electrons. The minimum absolute atomic E-state index is 0.167. The molecule has 8 heteroatoms. The first-order chi connectivity index (χ1) is 15.5. The molecule has 162 valence electrons. The van der Waals surface area contributed by atoms with Crippen molar-refractivity contribution in [3.8, 4) is 11.8 Å². The summed E-state index contributed by atoms with van der Waals surface area (Å²) in [5.41, 5.74) is 2.77. The Kier molecular flexibility index (Phi) is 5.03. The van der Waals surface area contributed by atoms with E-state index >= 15 is 0 Å². The number of pyridine rings is 1. The van der Waals surface area contributed by atoms with Crippen LogP contribution in [0.25, 0.3) is 22.0 Å². The van der Waals surface area contributed by atoms with E-state index in [1.54, 1.807) is 26.3 Å². The lowest BCUT2D eigenvalue weighted by Gasteiger charge is -2.33. The van der Waals surface area contributed by atoms with Gasteiger partial charge in [-0.3, -0.25) is 4.79 Å². The van der Waals surface area contributed by atoms with Crippen molar-refractivity contribution < 1.29 is 9.15 Å². The number of piperidine rings is 1. The van der Waals surface area contributed by atoms with E-state index in [0.717, 1.165) is 34.8 Å². The van der Waals surface area contributed by atoms with Crippen molar-refractivity contribution in [2.24, 2.45) is 7.05 Å². The molecule has 3 heterocycles. The van der Waals surface area contributed by atoms with E-state index in [-0.39, 0.29) is 17.0 Å². The van der Waals surface area contributed by atoms with Gasteiger partial charge in [0.25, 0.3) is 5.56 Å². The standard InChI is InChI=1S/C24H21ClN4O3/c1-28-20-12-16(31-2)4-5-17(20)22(18(13-26)24(28)30)29-9-7-14(8-10-29)23-27-19-11-15(25)3-6-21(19)32-23/h3-6,11-12,14H,7-10H2,1-2H3. The maximum absolute atomic E-state index is 12.9. The zero-order valence-electron chi connectivity index (χ0n) is 17.8. The van der Waals surface area contributed by atoms with Gasteiger partial charge in [-0.15, -0.1) is 0 Å². The average Bonchev–Trinajstić information content (AvgIpc) is 3.24. The molecule has 0 unspecified atom stereocenters. The molecule has 1 aliphatic rings. The number of nitrogens with zero attached hydrogens (tertiary/aromatic N) is 4. The van der Waals surface area contributed by atoms with E-state index < -0.39 is 0 Å². The smallest absolute Gasteiger partial charge is 0.270 e. The van der Waals surface area contributed by atoms with E-state index in [2.05, 4.69) is 16.0 Å². The molecule has 0 aliphatic carbocycles. The highest BCUT2D eigenvalue weighted by molar-refractivity contribution is 6.31. The van der Waals surface area contributed by atoms with Crippen molar-refractivity contribution in [3.05, 3.63) is 63.2 Å². The molecule has 0 N–H and O–H groups in total. The number of oxazole rings is 1. The average molecular weight is 449 g/mol. The molecule has 0 atom stereocenters. The quantitative estimate of drug-likeness (QED) is 0.455. The number of methoxy groups -OCH3 is 1. The van der Waals surface area contributed by atoms with Crippen LogP contribution < -0.4 is 15.2 Å². The molecular formula is C24H21ClN4O3. The van der Waals surface area contributed by atoms with Crippen molar-refractivity contribution in [2.45, 2.75) is 18.8 Å². The second kappa shape index (κ2) is 7.88. The molecule has 1 fully saturated rings. The molecule has 4 aromatic rings. The van der Waals surface area contributed by atoms with E-state index in [1.165, 1.54) is 4.57 Å². The highest BCUT2D eigenvalue weighted by Crippen LogP contribution is 2.36. The summed E-state index contributed by atoms with van der Waals surface area (Å²) in [6.45, 7) is 1.38. The summed E-state index contributed by atoms with van der Waals surface area (Å²) in [6.07, 6.45) is 1.61. The normalized spacial score (nSPS) is 14.8. The van der Waals surface area contributed by atoms with Gasteiger partial charge in [-0.25, -0.2) is 4.98 Å². The van der Waals surface area contributed by atoms with Crippen LogP contribution in [0, 0.1) is 11.3 Å². The Bertz CT molecular complexity index is 1440. The SMILES string of the molecule is COc1ccc2c(N3CCC(c4nc5cc(Cl)ccc5o4)CC3)c(C#N)c(=O)n(C)c2c1. The molecule has 0 spiro atoms. The van der Waals surface area contributed by atoms with E-state index in [4.69, 9.17) is 20.8 Å². The number of anilines is 1. The molecule has 1 saturated heterocycles. The molecule has 0 bridgehead atoms. The molecule has 7 nitrogen and oxygen atoms in total. The highest BCUT2D eigenvalue weighted by atomic mass is 35.5. The number of aryl methyl sites for hydroxylation is 1. The third-order valence-corrected chi connectivity index (χ3v) is 6.45. The minimum Gasteiger partial charge on any atom is -0.497 e. The number of aromatic nitrogens is 2. The predicted molar refractivity (Wildman–Crippen MR) is 124 cm³/mol. The minimum atomic E-state index is -0.304. The second-order valence-corrected chi connectivity index (χ2v) is 8.44. The van der Waals surface area contributed by atoms with E-state index in [1.807, 2.05) is 24.3 Å². The number of benzene rings is 2. The number of fused-ring (bicyclic) bond motifs is 2. The maximum Gasteiger partial charge on any atom is 0.270 e. The maximum atomic E-state index is 12.9. The van der Waals surface area contributed by atoms with Crippen LogP contribution in [0.1, 0.15) is 30.2 Å². The lowest BCUT2D eigenvalue weighted by molar-refractivity contribution is 0.407. The zero-order chi connectivity index (χ0) is 22.4. The molecule has 0 saturated carbocycles. The van der Waals surface area contributed by atoms with Gasteiger partial charge >= 0.3 is 0 Å². The summed E-state index contributed by atoms with van der Waals surface area (Å²) in [6, 6.07) is 13.2. The van der Waals surface area contributed by atoms with Crippen molar-refractivity contribution in [3.63, 3.8) is 0 Å². The van der Waals surface area contributed by atoms with Crippen molar-refractivity contribution >= 4 is 39.3 Å². The number of hydrogen-bond acceptors (Lipinski definition) is 6. The predicted octanol–water partition coefficient (Wildman–Crippen LogP) is 4.60. The lowest BCUT2D eigenvalue weighted by Crippen LogP contribution is -2.35. The third kappa shape index (κ3) is 3.28. The molecular weight excluding hydrogens is 428 g/mol. The molecule has 1 aliphatic heterocycles. The Hall–Kier alpha value is -3.50. The van der Waals surface area contributed by atoms with Crippen LogP contribution in [0.2, 0.25) is 5.02 Å². The second-order valence-electron chi connectivity index (χ2n) is 8.01. The van der Waals surface area contributed by atoms with Crippen molar-refractivity contribution in [2.75, 3.05) is 25.1 Å². The molecule has 32 heavy (non-hydrogen) atoms. The first kappa shape index (κ1) is 20.4. The lowest BCUT2D eigenvalue weighted by atomic mass is 9.95. The summed E-state index contributed by atoms with van der Waals surface area (Å²) in [5, 5.41) is 11.3. The van der Waals surface area contributed by atoms with Crippen LogP contribution in [-0.4, -0.2) is 29.8 Å². The van der Waals surface area contributed by atoms with E-state index in [9.17, 15) is 10.1 Å². The fourth-order valence-electron chi connectivity index (χ4n) is 4.50. The summed E-state index contributed by atoms with van der Waals surface area (Å²) in [7, 11) is 3.27. The summed E-state index contributed by atoms with van der Waals surface area (Å²) in [5.74, 6) is 1.54. The van der Waals surface area contributed by atoms with Gasteiger partial charge in [-0.1, -0.05) is 11.6 Å². The van der Waals surface area contributed by atoms with Gasteiger partial charge in [0.05, 0.1) is 18.3 Å². The van der Waals surface area contributed by atoms with Crippen molar-refractivity contribution in [1.82, 2.24) is 9.55 Å².